The Balaban J connectivity index is 3.14. The Kier molecular flexibility index (Phi) is 4.67. The molecular formula is C9H4F6O2S2. The molecule has 10 heteroatoms. The number of benzene rings is 1. The van der Waals surface area contributed by atoms with Gasteiger partial charge in [0.2, 0.25) is 0 Å². The molecule has 0 heterocycles. The van der Waals surface area contributed by atoms with Crippen molar-refractivity contribution < 1.29 is 36.2 Å². The number of thioether (sulfide) groups is 2. The zero-order valence-corrected chi connectivity index (χ0v) is 10.3. The van der Waals surface area contributed by atoms with Crippen LogP contribution in [0.3, 0.4) is 0 Å². The fourth-order valence-corrected chi connectivity index (χ4v) is 2.43. The summed E-state index contributed by atoms with van der Waals surface area (Å²) < 4.78 is 72.8. The molecule has 0 radical (unpaired) electrons. The van der Waals surface area contributed by atoms with Crippen molar-refractivity contribution in [2.24, 2.45) is 0 Å². The summed E-state index contributed by atoms with van der Waals surface area (Å²) in [4.78, 5) is 9.43. The number of alkyl halides is 6. The molecule has 0 saturated heterocycles. The molecule has 0 aromatic heterocycles. The third-order valence-electron chi connectivity index (χ3n) is 1.59. The summed E-state index contributed by atoms with van der Waals surface area (Å²) in [7, 11) is 0. The molecule has 106 valence electrons. The number of carbonyl (C=O) groups is 1. The average molecular weight is 322 g/mol. The molecule has 19 heavy (non-hydrogen) atoms. The highest BCUT2D eigenvalue weighted by Gasteiger charge is 2.32. The van der Waals surface area contributed by atoms with Crippen LogP contribution in [0, 0.1) is 0 Å². The topological polar surface area (TPSA) is 37.3 Å². The molecule has 0 bridgehead atoms. The maximum atomic E-state index is 12.1. The zero-order chi connectivity index (χ0) is 14.8. The van der Waals surface area contributed by atoms with Crippen LogP contribution in [0.15, 0.2) is 28.0 Å². The largest absolute Gasteiger partial charge is 0.478 e. The van der Waals surface area contributed by atoms with Gasteiger partial charge >= 0.3 is 17.0 Å². The van der Waals surface area contributed by atoms with Crippen LogP contribution < -0.4 is 0 Å². The Morgan fingerprint density at radius 1 is 0.895 bits per heavy atom. The molecule has 0 aliphatic heterocycles. The monoisotopic (exact) mass is 322 g/mol. The maximum Gasteiger partial charge on any atom is 0.446 e. The number of carboxylic acid groups (broad SMARTS) is 1. The highest BCUT2D eigenvalue weighted by Crippen LogP contribution is 2.42. The minimum absolute atomic E-state index is 0.612. The molecule has 0 fully saturated rings. The van der Waals surface area contributed by atoms with Gasteiger partial charge in [-0.05, 0) is 41.7 Å². The number of rotatable bonds is 3. The van der Waals surface area contributed by atoms with E-state index in [-0.39, 0.29) is 0 Å². The van der Waals surface area contributed by atoms with Gasteiger partial charge in [-0.2, -0.15) is 26.3 Å². The molecule has 1 aromatic carbocycles. The molecule has 0 saturated carbocycles. The molecule has 0 unspecified atom stereocenters. The molecular weight excluding hydrogens is 318 g/mol. The minimum Gasteiger partial charge on any atom is -0.478 e. The van der Waals surface area contributed by atoms with Crippen molar-refractivity contribution in [3.05, 3.63) is 23.8 Å². The standard InChI is InChI=1S/C9H4F6O2S2/c10-8(11,12)18-5-1-4(7(16)17)2-6(3-5)19-9(13,14)15/h1-3H,(H,16,17). The van der Waals surface area contributed by atoms with E-state index >= 15 is 0 Å². The Morgan fingerprint density at radius 3 is 1.53 bits per heavy atom. The number of halogens is 6. The summed E-state index contributed by atoms with van der Waals surface area (Å²) in [5.41, 5.74) is -10.1. The predicted octanol–water partition coefficient (Wildman–Crippen LogP) is 4.61. The van der Waals surface area contributed by atoms with Crippen LogP contribution >= 0.6 is 23.5 Å². The number of hydrogen-bond acceptors (Lipinski definition) is 3. The fourth-order valence-electron chi connectivity index (χ4n) is 1.08. The predicted molar refractivity (Wildman–Crippen MR) is 57.2 cm³/mol. The summed E-state index contributed by atoms with van der Waals surface area (Å²) >= 11 is -1.34. The molecule has 1 rings (SSSR count). The molecule has 0 aliphatic rings. The first-order chi connectivity index (χ1) is 8.46. The van der Waals surface area contributed by atoms with Crippen molar-refractivity contribution in [1.29, 1.82) is 0 Å². The van der Waals surface area contributed by atoms with Crippen molar-refractivity contribution >= 4 is 29.5 Å². The van der Waals surface area contributed by atoms with Gasteiger partial charge in [-0.25, -0.2) is 4.79 Å². The van der Waals surface area contributed by atoms with E-state index in [9.17, 15) is 31.1 Å². The van der Waals surface area contributed by atoms with E-state index in [4.69, 9.17) is 5.11 Å². The summed E-state index contributed by atoms with van der Waals surface area (Å²) in [6, 6.07) is 1.98. The van der Waals surface area contributed by atoms with Gasteiger partial charge in [-0.3, -0.25) is 0 Å². The van der Waals surface area contributed by atoms with Gasteiger partial charge in [-0.15, -0.1) is 0 Å². The second-order valence-corrected chi connectivity index (χ2v) is 5.37. The quantitative estimate of drug-likeness (QED) is 0.651. The van der Waals surface area contributed by atoms with Crippen molar-refractivity contribution in [3.8, 4) is 0 Å². The third kappa shape index (κ3) is 6.10. The lowest BCUT2D eigenvalue weighted by atomic mass is 10.2. The highest BCUT2D eigenvalue weighted by molar-refractivity contribution is 8.01. The summed E-state index contributed by atoms with van der Waals surface area (Å²) in [6.07, 6.45) is 0. The van der Waals surface area contributed by atoms with Crippen LogP contribution in [0.1, 0.15) is 10.4 Å². The van der Waals surface area contributed by atoms with Crippen LogP contribution in [0.5, 0.6) is 0 Å². The molecule has 0 atom stereocenters. The van der Waals surface area contributed by atoms with E-state index < -0.39 is 55.9 Å². The molecule has 1 aromatic rings. The molecule has 0 aliphatic carbocycles. The second-order valence-electron chi connectivity index (χ2n) is 3.09. The summed E-state index contributed by atoms with van der Waals surface area (Å²) in [6.45, 7) is 0. The minimum atomic E-state index is -4.71. The van der Waals surface area contributed by atoms with Crippen LogP contribution in [0.2, 0.25) is 0 Å². The first kappa shape index (κ1) is 16.0. The Morgan fingerprint density at radius 2 is 1.26 bits per heavy atom. The van der Waals surface area contributed by atoms with Gasteiger partial charge in [0.25, 0.3) is 0 Å². The lowest BCUT2D eigenvalue weighted by Gasteiger charge is -2.10. The Bertz CT molecular complexity index is 448. The first-order valence-corrected chi connectivity index (χ1v) is 5.99. The van der Waals surface area contributed by atoms with Crippen molar-refractivity contribution in [2.75, 3.05) is 0 Å². The van der Waals surface area contributed by atoms with E-state index in [2.05, 4.69) is 0 Å². The molecule has 0 spiro atoms. The third-order valence-corrected chi connectivity index (χ3v) is 3.00. The second kappa shape index (κ2) is 5.53. The van der Waals surface area contributed by atoms with Crippen molar-refractivity contribution in [2.45, 2.75) is 20.8 Å². The smallest absolute Gasteiger partial charge is 0.446 e. The Hall–Kier alpha value is -1.03. The first-order valence-electron chi connectivity index (χ1n) is 4.36. The van der Waals surface area contributed by atoms with Crippen molar-refractivity contribution in [1.82, 2.24) is 0 Å². The van der Waals surface area contributed by atoms with Gasteiger partial charge in [0, 0.05) is 9.79 Å². The molecule has 2 nitrogen and oxygen atoms in total. The highest BCUT2D eigenvalue weighted by atomic mass is 32.2. The van der Waals surface area contributed by atoms with Crippen LogP contribution in [0.25, 0.3) is 0 Å². The van der Waals surface area contributed by atoms with Crippen LogP contribution in [-0.2, 0) is 0 Å². The maximum absolute atomic E-state index is 12.1. The summed E-state index contributed by atoms with van der Waals surface area (Å²) in [5, 5.41) is 8.65. The lowest BCUT2D eigenvalue weighted by molar-refractivity contribution is -0.0334. The van der Waals surface area contributed by atoms with E-state index in [0.717, 1.165) is 0 Å². The van der Waals surface area contributed by atoms with E-state index in [1.54, 1.807) is 0 Å². The van der Waals surface area contributed by atoms with Gasteiger partial charge < -0.3 is 5.11 Å². The van der Waals surface area contributed by atoms with Gasteiger partial charge in [0.15, 0.2) is 0 Å². The normalized spacial score (nSPS) is 12.5. The zero-order valence-electron chi connectivity index (χ0n) is 8.67. The van der Waals surface area contributed by atoms with E-state index in [1.807, 2.05) is 0 Å². The van der Waals surface area contributed by atoms with E-state index in [1.165, 1.54) is 0 Å². The lowest BCUT2D eigenvalue weighted by Crippen LogP contribution is -2.03. The van der Waals surface area contributed by atoms with Gasteiger partial charge in [-0.1, -0.05) is 0 Å². The molecule has 0 amide bonds. The SMILES string of the molecule is O=C(O)c1cc(SC(F)(F)F)cc(SC(F)(F)F)c1. The van der Waals surface area contributed by atoms with Crippen LogP contribution in [-0.4, -0.2) is 22.1 Å². The fraction of sp³-hybridized carbons (Fsp3) is 0.222. The number of carboxylic acids is 1. The van der Waals surface area contributed by atoms with Gasteiger partial charge in [0.05, 0.1) is 5.56 Å². The average Bonchev–Trinajstić information content (AvgIpc) is 2.10. The van der Waals surface area contributed by atoms with E-state index in [0.29, 0.717) is 18.2 Å². The molecule has 1 N–H and O–H groups in total. The number of aromatic carboxylic acids is 1. The van der Waals surface area contributed by atoms with Gasteiger partial charge in [0.1, 0.15) is 0 Å². The summed E-state index contributed by atoms with van der Waals surface area (Å²) in [5.74, 6) is -1.60. The Labute approximate surface area is 111 Å². The van der Waals surface area contributed by atoms with Crippen molar-refractivity contribution in [3.63, 3.8) is 0 Å². The van der Waals surface area contributed by atoms with Crippen LogP contribution in [0.4, 0.5) is 26.3 Å². The number of hydrogen-bond donors (Lipinski definition) is 1.